The molecule has 98 valence electrons. The van der Waals surface area contributed by atoms with Gasteiger partial charge in [-0.15, -0.1) is 0 Å². The van der Waals surface area contributed by atoms with Crippen LogP contribution in [0.15, 0.2) is 23.2 Å². The standard InChI is InChI=1S/C9H9BClN.C4H8.C2H6/c1-6-5-8(11)3-4-9(6)12-7(2)10;1-4-2-3-4;1-2/h3-5H,1-2H3;4H,2-3H2,1H3;1-2H3. The Kier molecular flexibility index (Phi) is 8.83. The molecule has 1 aliphatic carbocycles. The molecule has 0 amide bonds. The van der Waals surface area contributed by atoms with Gasteiger partial charge < -0.3 is 0 Å². The first kappa shape index (κ1) is 17.2. The molecule has 0 bridgehead atoms. The molecule has 1 aromatic rings. The summed E-state index contributed by atoms with van der Waals surface area (Å²) >= 11 is 5.77. The third-order valence-corrected chi connectivity index (χ3v) is 2.56. The van der Waals surface area contributed by atoms with Crippen LogP contribution in [0.4, 0.5) is 5.69 Å². The fourth-order valence-corrected chi connectivity index (χ4v) is 1.33. The largest absolute Gasteiger partial charge is 0.269 e. The minimum absolute atomic E-state index is 0.556. The highest BCUT2D eigenvalue weighted by molar-refractivity contribution is 6.59. The fourth-order valence-electron chi connectivity index (χ4n) is 1.10. The van der Waals surface area contributed by atoms with E-state index in [4.69, 9.17) is 19.4 Å². The zero-order valence-corrected chi connectivity index (χ0v) is 12.9. The van der Waals surface area contributed by atoms with Crippen molar-refractivity contribution in [2.24, 2.45) is 10.9 Å². The number of hydrogen-bond acceptors (Lipinski definition) is 1. The molecule has 2 rings (SSSR count). The average molecular weight is 264 g/mol. The van der Waals surface area contributed by atoms with E-state index in [1.165, 1.54) is 12.8 Å². The van der Waals surface area contributed by atoms with Gasteiger partial charge in [0.2, 0.25) is 0 Å². The molecule has 0 heterocycles. The van der Waals surface area contributed by atoms with Crippen LogP contribution in [0.2, 0.25) is 5.02 Å². The summed E-state index contributed by atoms with van der Waals surface area (Å²) in [6.45, 7) is 9.99. The van der Waals surface area contributed by atoms with Gasteiger partial charge >= 0.3 is 0 Å². The van der Waals surface area contributed by atoms with Crippen molar-refractivity contribution in [1.29, 1.82) is 0 Å². The van der Waals surface area contributed by atoms with Crippen molar-refractivity contribution < 1.29 is 0 Å². The second-order valence-electron chi connectivity index (χ2n) is 4.37. The van der Waals surface area contributed by atoms with Crippen molar-refractivity contribution >= 4 is 30.7 Å². The maximum atomic E-state index is 5.77. The third kappa shape index (κ3) is 8.35. The molecule has 0 N–H and O–H groups in total. The van der Waals surface area contributed by atoms with Crippen LogP contribution in [-0.4, -0.2) is 13.5 Å². The van der Waals surface area contributed by atoms with Crippen molar-refractivity contribution in [3.63, 3.8) is 0 Å². The summed E-state index contributed by atoms with van der Waals surface area (Å²) in [5.41, 5.74) is 2.46. The molecular formula is C15H23BClN. The van der Waals surface area contributed by atoms with Crippen LogP contribution < -0.4 is 0 Å². The second kappa shape index (κ2) is 9.21. The van der Waals surface area contributed by atoms with Crippen molar-refractivity contribution in [2.75, 3.05) is 0 Å². The molecule has 0 spiro atoms. The molecule has 1 aromatic carbocycles. The molecule has 3 heteroatoms. The lowest BCUT2D eigenvalue weighted by Crippen LogP contribution is -1.86. The lowest BCUT2D eigenvalue weighted by molar-refractivity contribution is 0.983. The number of aliphatic imine (C=N–C) groups is 1. The molecule has 1 nitrogen and oxygen atoms in total. The third-order valence-electron chi connectivity index (χ3n) is 2.32. The van der Waals surface area contributed by atoms with Crippen LogP contribution >= 0.6 is 11.6 Å². The van der Waals surface area contributed by atoms with E-state index in [0.29, 0.717) is 5.61 Å². The summed E-state index contributed by atoms with van der Waals surface area (Å²) in [7, 11) is 5.45. The molecule has 0 aromatic heterocycles. The van der Waals surface area contributed by atoms with Crippen LogP contribution in [-0.2, 0) is 0 Å². The van der Waals surface area contributed by atoms with Gasteiger partial charge in [0.05, 0.1) is 5.69 Å². The van der Waals surface area contributed by atoms with E-state index in [2.05, 4.69) is 11.9 Å². The monoisotopic (exact) mass is 263 g/mol. The van der Waals surface area contributed by atoms with Gasteiger partial charge in [0, 0.05) is 5.02 Å². The minimum Gasteiger partial charge on any atom is -0.269 e. The van der Waals surface area contributed by atoms with Gasteiger partial charge in [0.15, 0.2) is 0 Å². The van der Waals surface area contributed by atoms with E-state index in [1.54, 1.807) is 13.0 Å². The van der Waals surface area contributed by atoms with Crippen molar-refractivity contribution in [2.45, 2.75) is 47.5 Å². The fraction of sp³-hybridized carbons (Fsp3) is 0.533. The Morgan fingerprint density at radius 3 is 2.17 bits per heavy atom. The van der Waals surface area contributed by atoms with Crippen molar-refractivity contribution in [1.82, 2.24) is 0 Å². The summed E-state index contributed by atoms with van der Waals surface area (Å²) in [6.07, 6.45) is 2.97. The lowest BCUT2D eigenvalue weighted by Gasteiger charge is -2.00. The molecule has 0 atom stereocenters. The second-order valence-corrected chi connectivity index (χ2v) is 4.80. The topological polar surface area (TPSA) is 12.4 Å². The molecule has 1 saturated carbocycles. The number of aryl methyl sites for hydroxylation is 1. The van der Waals surface area contributed by atoms with E-state index in [-0.39, 0.29) is 0 Å². The molecular weight excluding hydrogens is 240 g/mol. The molecule has 1 aliphatic rings. The van der Waals surface area contributed by atoms with Crippen LogP contribution in [0.25, 0.3) is 0 Å². The molecule has 0 unspecified atom stereocenters. The van der Waals surface area contributed by atoms with Gasteiger partial charge in [0.1, 0.15) is 7.85 Å². The van der Waals surface area contributed by atoms with Crippen LogP contribution in [0.3, 0.4) is 0 Å². The van der Waals surface area contributed by atoms with E-state index in [0.717, 1.165) is 22.2 Å². The first-order chi connectivity index (χ1) is 8.49. The summed E-state index contributed by atoms with van der Waals surface area (Å²) < 4.78 is 0. The zero-order chi connectivity index (χ0) is 14.1. The number of benzene rings is 1. The number of hydrogen-bond donors (Lipinski definition) is 0. The summed E-state index contributed by atoms with van der Waals surface area (Å²) in [4.78, 5) is 4.14. The zero-order valence-electron chi connectivity index (χ0n) is 12.1. The van der Waals surface area contributed by atoms with Gasteiger partial charge in [-0.25, -0.2) is 0 Å². The quantitative estimate of drug-likeness (QED) is 0.481. The predicted octanol–water partition coefficient (Wildman–Crippen LogP) is 5.31. The van der Waals surface area contributed by atoms with Gasteiger partial charge in [-0.05, 0) is 49.1 Å². The SMILES string of the molecule is CC.CC1CC1.[B]C(C)=Nc1ccc(Cl)cc1C. The highest BCUT2D eigenvalue weighted by Crippen LogP contribution is 2.26. The van der Waals surface area contributed by atoms with Gasteiger partial charge in [-0.2, -0.15) is 0 Å². The Hall–Kier alpha value is -0.755. The highest BCUT2D eigenvalue weighted by atomic mass is 35.5. The molecule has 0 saturated heterocycles. The summed E-state index contributed by atoms with van der Waals surface area (Å²) in [6, 6.07) is 5.52. The van der Waals surface area contributed by atoms with Gasteiger partial charge in [-0.3, -0.25) is 4.99 Å². The normalized spacial score (nSPS) is 14.0. The molecule has 1 fully saturated rings. The smallest absolute Gasteiger partial charge is 0.135 e. The Morgan fingerprint density at radius 1 is 1.33 bits per heavy atom. The summed E-state index contributed by atoms with van der Waals surface area (Å²) in [5.74, 6) is 1.08. The number of nitrogens with zero attached hydrogens (tertiary/aromatic N) is 1. The Balaban J connectivity index is 0.000000399. The molecule has 0 aliphatic heterocycles. The van der Waals surface area contributed by atoms with Gasteiger partial charge in [0.25, 0.3) is 0 Å². The van der Waals surface area contributed by atoms with Crippen LogP contribution in [0.1, 0.15) is 46.1 Å². The minimum atomic E-state index is 0.556. The van der Waals surface area contributed by atoms with Crippen molar-refractivity contribution in [3.05, 3.63) is 28.8 Å². The Morgan fingerprint density at radius 2 is 1.83 bits per heavy atom. The molecule has 2 radical (unpaired) electrons. The maximum absolute atomic E-state index is 5.77. The number of rotatable bonds is 1. The predicted molar refractivity (Wildman–Crippen MR) is 84.5 cm³/mol. The molecule has 18 heavy (non-hydrogen) atoms. The first-order valence-corrected chi connectivity index (χ1v) is 6.93. The van der Waals surface area contributed by atoms with E-state index in [9.17, 15) is 0 Å². The van der Waals surface area contributed by atoms with E-state index < -0.39 is 0 Å². The summed E-state index contributed by atoms with van der Waals surface area (Å²) in [5, 5.41) is 0.723. The van der Waals surface area contributed by atoms with Crippen molar-refractivity contribution in [3.8, 4) is 0 Å². The Bertz CT molecular complexity index is 380. The lowest BCUT2D eigenvalue weighted by atomic mass is 10.0. The van der Waals surface area contributed by atoms with E-state index >= 15 is 0 Å². The number of halogens is 1. The first-order valence-electron chi connectivity index (χ1n) is 6.56. The van der Waals surface area contributed by atoms with Crippen LogP contribution in [0, 0.1) is 12.8 Å². The van der Waals surface area contributed by atoms with Gasteiger partial charge in [-0.1, -0.05) is 45.2 Å². The van der Waals surface area contributed by atoms with E-state index in [1.807, 2.05) is 32.9 Å². The average Bonchev–Trinajstić information content (AvgIpc) is 3.08. The Labute approximate surface area is 118 Å². The maximum Gasteiger partial charge on any atom is 0.135 e. The van der Waals surface area contributed by atoms with Crippen LogP contribution in [0.5, 0.6) is 0 Å². The highest BCUT2D eigenvalue weighted by Gasteiger charge is 2.12.